The fraction of sp³-hybridized carbons (Fsp3) is 0.500. The average molecular weight is 381 g/mol. The van der Waals surface area contributed by atoms with Gasteiger partial charge in [-0.05, 0) is 62.4 Å². The van der Waals surface area contributed by atoms with Crippen molar-refractivity contribution in [2.45, 2.75) is 84.7 Å². The van der Waals surface area contributed by atoms with Crippen LogP contribution in [0.4, 0.5) is 0 Å². The highest BCUT2D eigenvalue weighted by Gasteiger charge is 2.10. The number of carbonyl (C=O) groups excluding carboxylic acids is 1. The first-order valence-corrected chi connectivity index (χ1v) is 11.0. The number of ketones is 1. The molecule has 0 fully saturated rings. The molecule has 2 rings (SSSR count). The monoisotopic (exact) mass is 380 g/mol. The van der Waals surface area contributed by atoms with Crippen LogP contribution in [0, 0.1) is 0 Å². The Balaban J connectivity index is 1.87. The zero-order valence-corrected chi connectivity index (χ0v) is 17.9. The summed E-state index contributed by atoms with van der Waals surface area (Å²) in [6.45, 7) is 6.56. The number of aryl methyl sites for hydroxylation is 1. The number of ether oxygens (including phenoxy) is 1. The molecule has 0 bridgehead atoms. The molecule has 2 heteroatoms. The molecule has 28 heavy (non-hydrogen) atoms. The summed E-state index contributed by atoms with van der Waals surface area (Å²) in [6.07, 6.45) is 11.1. The lowest BCUT2D eigenvalue weighted by atomic mass is 10.00. The maximum absolute atomic E-state index is 12.7. The van der Waals surface area contributed by atoms with E-state index in [2.05, 4.69) is 32.9 Å². The van der Waals surface area contributed by atoms with Crippen LogP contribution in [-0.4, -0.2) is 11.9 Å². The zero-order valence-electron chi connectivity index (χ0n) is 17.9. The molecule has 0 N–H and O–H groups in total. The minimum Gasteiger partial charge on any atom is -0.491 e. The molecule has 0 spiro atoms. The predicted octanol–water partition coefficient (Wildman–Crippen LogP) is 7.39. The van der Waals surface area contributed by atoms with Crippen molar-refractivity contribution in [1.82, 2.24) is 0 Å². The van der Waals surface area contributed by atoms with Gasteiger partial charge in [-0.1, -0.05) is 70.2 Å². The van der Waals surface area contributed by atoms with Gasteiger partial charge in [-0.3, -0.25) is 4.79 Å². The normalized spacial score (nSPS) is 12.0. The molecule has 152 valence electrons. The van der Waals surface area contributed by atoms with E-state index in [1.165, 1.54) is 50.5 Å². The third kappa shape index (κ3) is 7.50. The summed E-state index contributed by atoms with van der Waals surface area (Å²) in [7, 11) is 0. The molecule has 0 aliphatic carbocycles. The van der Waals surface area contributed by atoms with Crippen molar-refractivity contribution in [1.29, 1.82) is 0 Å². The number of hydrogen-bond acceptors (Lipinski definition) is 2. The quantitative estimate of drug-likeness (QED) is 0.267. The molecular weight excluding hydrogens is 344 g/mol. The van der Waals surface area contributed by atoms with E-state index in [-0.39, 0.29) is 11.9 Å². The molecule has 0 saturated carbocycles. The highest BCUT2D eigenvalue weighted by molar-refractivity contribution is 6.09. The number of benzene rings is 2. The highest BCUT2D eigenvalue weighted by Crippen LogP contribution is 2.19. The number of carbonyl (C=O) groups is 1. The van der Waals surface area contributed by atoms with Gasteiger partial charge in [0.15, 0.2) is 5.78 Å². The van der Waals surface area contributed by atoms with Crippen LogP contribution in [0.15, 0.2) is 48.5 Å². The molecule has 0 aliphatic rings. The topological polar surface area (TPSA) is 26.3 Å². The first-order valence-electron chi connectivity index (χ1n) is 11.0. The van der Waals surface area contributed by atoms with Crippen molar-refractivity contribution in [2.24, 2.45) is 0 Å². The summed E-state index contributed by atoms with van der Waals surface area (Å²) < 4.78 is 5.99. The standard InChI is InChI=1S/C26H36O2/c1-4-6-8-10-11-21(3)28-25-19-17-24(18-20-25)26(27)23-15-13-22(14-16-23)12-9-7-5-2/h13-21H,4-12H2,1-3H3. The van der Waals surface area contributed by atoms with Gasteiger partial charge >= 0.3 is 0 Å². The molecule has 0 saturated heterocycles. The van der Waals surface area contributed by atoms with Crippen LogP contribution >= 0.6 is 0 Å². The minimum atomic E-state index is 0.0688. The number of unbranched alkanes of at least 4 members (excludes halogenated alkanes) is 5. The molecule has 0 heterocycles. The van der Waals surface area contributed by atoms with Crippen molar-refractivity contribution < 1.29 is 9.53 Å². The van der Waals surface area contributed by atoms with Gasteiger partial charge in [-0.25, -0.2) is 0 Å². The Kier molecular flexibility index (Phi) is 9.82. The molecule has 0 amide bonds. The van der Waals surface area contributed by atoms with Crippen molar-refractivity contribution in [3.05, 3.63) is 65.2 Å². The maximum atomic E-state index is 12.7. The first kappa shape index (κ1) is 22.2. The van der Waals surface area contributed by atoms with E-state index in [0.29, 0.717) is 5.56 Å². The van der Waals surface area contributed by atoms with Crippen molar-refractivity contribution in [3.8, 4) is 5.75 Å². The van der Waals surface area contributed by atoms with Crippen LogP contribution in [0.3, 0.4) is 0 Å². The number of rotatable bonds is 13. The van der Waals surface area contributed by atoms with Crippen LogP contribution < -0.4 is 4.74 Å². The lowest BCUT2D eigenvalue weighted by molar-refractivity contribution is 0.103. The molecule has 2 nitrogen and oxygen atoms in total. The summed E-state index contributed by atoms with van der Waals surface area (Å²) >= 11 is 0. The number of hydrogen-bond donors (Lipinski definition) is 0. The summed E-state index contributed by atoms with van der Waals surface area (Å²) in [5, 5.41) is 0. The highest BCUT2D eigenvalue weighted by atomic mass is 16.5. The van der Waals surface area contributed by atoms with Gasteiger partial charge < -0.3 is 4.74 Å². The van der Waals surface area contributed by atoms with Crippen molar-refractivity contribution >= 4 is 5.78 Å². The van der Waals surface area contributed by atoms with Crippen LogP contribution in [0.2, 0.25) is 0 Å². The van der Waals surface area contributed by atoms with Crippen LogP contribution in [-0.2, 0) is 6.42 Å². The van der Waals surface area contributed by atoms with E-state index in [0.717, 1.165) is 24.2 Å². The second kappa shape index (κ2) is 12.4. The predicted molar refractivity (Wildman–Crippen MR) is 118 cm³/mol. The summed E-state index contributed by atoms with van der Waals surface area (Å²) in [5.41, 5.74) is 2.76. The van der Waals surface area contributed by atoms with Gasteiger partial charge in [0.05, 0.1) is 6.10 Å². The van der Waals surface area contributed by atoms with Gasteiger partial charge in [0.2, 0.25) is 0 Å². The summed E-state index contributed by atoms with van der Waals surface area (Å²) in [5.74, 6) is 0.907. The van der Waals surface area contributed by atoms with Gasteiger partial charge in [0.25, 0.3) is 0 Å². The molecule has 1 unspecified atom stereocenters. The van der Waals surface area contributed by atoms with Crippen molar-refractivity contribution in [3.63, 3.8) is 0 Å². The largest absolute Gasteiger partial charge is 0.491 e. The second-order valence-corrected chi connectivity index (χ2v) is 7.79. The van der Waals surface area contributed by atoms with Crippen LogP contribution in [0.25, 0.3) is 0 Å². The molecule has 2 aromatic carbocycles. The lowest BCUT2D eigenvalue weighted by Crippen LogP contribution is -2.11. The Labute approximate surface area is 171 Å². The second-order valence-electron chi connectivity index (χ2n) is 7.79. The van der Waals surface area contributed by atoms with Crippen LogP contribution in [0.1, 0.15) is 93.6 Å². The Morgan fingerprint density at radius 1 is 0.786 bits per heavy atom. The summed E-state index contributed by atoms with van der Waals surface area (Å²) in [4.78, 5) is 12.7. The fourth-order valence-corrected chi connectivity index (χ4v) is 3.40. The van der Waals surface area contributed by atoms with E-state index >= 15 is 0 Å². The maximum Gasteiger partial charge on any atom is 0.193 e. The third-order valence-electron chi connectivity index (χ3n) is 5.20. The molecule has 0 radical (unpaired) electrons. The van der Waals surface area contributed by atoms with Crippen LogP contribution in [0.5, 0.6) is 5.75 Å². The van der Waals surface area contributed by atoms with Gasteiger partial charge in [-0.2, -0.15) is 0 Å². The summed E-state index contributed by atoms with van der Waals surface area (Å²) in [6, 6.07) is 15.6. The van der Waals surface area contributed by atoms with Gasteiger partial charge in [0.1, 0.15) is 5.75 Å². The first-order chi connectivity index (χ1) is 13.6. The van der Waals surface area contributed by atoms with Gasteiger partial charge in [0, 0.05) is 11.1 Å². The Morgan fingerprint density at radius 2 is 1.36 bits per heavy atom. The van der Waals surface area contributed by atoms with Gasteiger partial charge in [-0.15, -0.1) is 0 Å². The Bertz CT molecular complexity index is 685. The molecule has 1 atom stereocenters. The lowest BCUT2D eigenvalue weighted by Gasteiger charge is -2.15. The van der Waals surface area contributed by atoms with E-state index in [1.54, 1.807) is 0 Å². The zero-order chi connectivity index (χ0) is 20.2. The molecule has 0 aromatic heterocycles. The SMILES string of the molecule is CCCCCCC(C)Oc1ccc(C(=O)c2ccc(CCCCC)cc2)cc1. The molecule has 0 aliphatic heterocycles. The Morgan fingerprint density at radius 3 is 1.96 bits per heavy atom. The molecule has 2 aromatic rings. The molecular formula is C26H36O2. The minimum absolute atomic E-state index is 0.0688. The van der Waals surface area contributed by atoms with Crippen molar-refractivity contribution in [2.75, 3.05) is 0 Å². The smallest absolute Gasteiger partial charge is 0.193 e. The third-order valence-corrected chi connectivity index (χ3v) is 5.20. The van der Waals surface area contributed by atoms with E-state index in [4.69, 9.17) is 4.74 Å². The average Bonchev–Trinajstić information content (AvgIpc) is 2.72. The van der Waals surface area contributed by atoms with E-state index < -0.39 is 0 Å². The van der Waals surface area contributed by atoms with E-state index in [9.17, 15) is 4.79 Å². The fourth-order valence-electron chi connectivity index (χ4n) is 3.40. The Hall–Kier alpha value is -2.09. The van der Waals surface area contributed by atoms with E-state index in [1.807, 2.05) is 36.4 Å².